The lowest BCUT2D eigenvalue weighted by molar-refractivity contribution is -0.158. The first kappa shape index (κ1) is 20.9. The second-order valence-electron chi connectivity index (χ2n) is 9.05. The summed E-state index contributed by atoms with van der Waals surface area (Å²) in [5.74, 6) is -0.402. The lowest BCUT2D eigenvalue weighted by Crippen LogP contribution is -2.60. The van der Waals surface area contributed by atoms with Crippen molar-refractivity contribution in [3.05, 3.63) is 34.9 Å². The van der Waals surface area contributed by atoms with Crippen molar-refractivity contribution >= 4 is 23.6 Å². The number of carboxylic acid groups (broad SMARTS) is 1. The van der Waals surface area contributed by atoms with Gasteiger partial charge < -0.3 is 20.4 Å². The summed E-state index contributed by atoms with van der Waals surface area (Å²) in [5, 5.41) is 23.8. The van der Waals surface area contributed by atoms with Crippen LogP contribution in [0.15, 0.2) is 24.3 Å². The van der Waals surface area contributed by atoms with Crippen LogP contribution in [-0.4, -0.2) is 45.7 Å². The molecule has 2 aliphatic rings. The monoisotopic (exact) mass is 408 g/mol. The lowest BCUT2D eigenvalue weighted by Gasteiger charge is -2.51. The molecule has 0 spiro atoms. The first-order valence-electron chi connectivity index (χ1n) is 9.77. The highest BCUT2D eigenvalue weighted by molar-refractivity contribution is 6.30. The van der Waals surface area contributed by atoms with Crippen LogP contribution < -0.4 is 5.32 Å². The molecule has 1 saturated carbocycles. The smallest absolute Gasteiger partial charge is 0.405 e. The van der Waals surface area contributed by atoms with E-state index < -0.39 is 22.6 Å². The van der Waals surface area contributed by atoms with Crippen LogP contribution in [0.25, 0.3) is 0 Å². The van der Waals surface area contributed by atoms with E-state index in [-0.39, 0.29) is 11.8 Å². The summed E-state index contributed by atoms with van der Waals surface area (Å²) >= 11 is 5.98. The number of nitrogens with one attached hydrogen (secondary N) is 1. The zero-order chi connectivity index (χ0) is 20.7. The second-order valence-corrected chi connectivity index (χ2v) is 9.49. The predicted molar refractivity (Wildman–Crippen MR) is 107 cm³/mol. The number of hydrogen-bond acceptors (Lipinski definition) is 3. The summed E-state index contributed by atoms with van der Waals surface area (Å²) in [6.45, 7) is 6.58. The number of rotatable bonds is 3. The quantitative estimate of drug-likeness (QED) is 0.712. The van der Waals surface area contributed by atoms with Crippen molar-refractivity contribution in [1.29, 1.82) is 0 Å². The molecule has 3 atom stereocenters. The average Bonchev–Trinajstić information content (AvgIpc) is 2.97. The van der Waals surface area contributed by atoms with Crippen LogP contribution in [0.5, 0.6) is 0 Å². The number of hydrogen-bond donors (Lipinski definition) is 3. The van der Waals surface area contributed by atoms with Gasteiger partial charge in [-0.2, -0.15) is 0 Å². The van der Waals surface area contributed by atoms with Gasteiger partial charge in [-0.15, -0.1) is 0 Å². The number of halogens is 1. The zero-order valence-corrected chi connectivity index (χ0v) is 17.4. The van der Waals surface area contributed by atoms with E-state index in [1.165, 1.54) is 0 Å². The van der Waals surface area contributed by atoms with Gasteiger partial charge in [0.25, 0.3) is 0 Å². The fraction of sp³-hybridized carbons (Fsp3) is 0.619. The Kier molecular flexibility index (Phi) is 5.40. The third-order valence-corrected chi connectivity index (χ3v) is 6.98. The van der Waals surface area contributed by atoms with Gasteiger partial charge in [0.2, 0.25) is 5.91 Å². The number of likely N-dealkylation sites (tertiary alicyclic amines) is 1. The minimum absolute atomic E-state index is 0.0278. The number of carbonyl (C=O) groups is 2. The van der Waals surface area contributed by atoms with E-state index in [2.05, 4.69) is 5.32 Å². The molecule has 2 fully saturated rings. The number of amides is 2. The molecule has 1 saturated heterocycles. The standard InChI is InChI=1S/C21H29ClN2O4/c1-19(2)13-24(12-11-21(19,28)14-6-8-15(22)9-7-14)17(25)16-5-4-10-20(16,3)23-18(26)27/h6-9,16,23,28H,4-5,10-13H2,1-3H3,(H,26,27)/t16-,20-,21-/m0/s1. The number of nitrogens with zero attached hydrogens (tertiary/aromatic N) is 1. The van der Waals surface area contributed by atoms with Gasteiger partial charge in [0.15, 0.2) is 0 Å². The Balaban J connectivity index is 1.79. The van der Waals surface area contributed by atoms with E-state index in [0.717, 1.165) is 12.0 Å². The Morgan fingerprint density at radius 1 is 1.18 bits per heavy atom. The number of aliphatic hydroxyl groups is 1. The second kappa shape index (κ2) is 7.23. The van der Waals surface area contributed by atoms with Crippen molar-refractivity contribution in [3.8, 4) is 0 Å². The first-order valence-corrected chi connectivity index (χ1v) is 10.1. The Morgan fingerprint density at radius 3 is 2.39 bits per heavy atom. The van der Waals surface area contributed by atoms with Gasteiger partial charge in [-0.3, -0.25) is 4.79 Å². The van der Waals surface area contributed by atoms with Crippen molar-refractivity contribution < 1.29 is 19.8 Å². The van der Waals surface area contributed by atoms with Crippen molar-refractivity contribution in [2.75, 3.05) is 13.1 Å². The van der Waals surface area contributed by atoms with Gasteiger partial charge >= 0.3 is 6.09 Å². The third kappa shape index (κ3) is 3.60. The molecule has 0 radical (unpaired) electrons. The number of carbonyl (C=O) groups excluding carboxylic acids is 1. The Bertz CT molecular complexity index is 766. The van der Waals surface area contributed by atoms with E-state index in [0.29, 0.717) is 37.4 Å². The highest BCUT2D eigenvalue weighted by atomic mass is 35.5. The molecule has 154 valence electrons. The maximum atomic E-state index is 13.3. The highest BCUT2D eigenvalue weighted by Crippen LogP contribution is 2.47. The summed E-state index contributed by atoms with van der Waals surface area (Å²) in [6, 6.07) is 7.22. The molecule has 1 aliphatic heterocycles. The fourth-order valence-electron chi connectivity index (χ4n) is 4.95. The molecule has 28 heavy (non-hydrogen) atoms. The SMILES string of the molecule is CC1(C)CN(C(=O)[C@@H]2CCC[C@]2(C)NC(=O)O)CC[C@]1(O)c1ccc(Cl)cc1. The van der Waals surface area contributed by atoms with Crippen LogP contribution >= 0.6 is 11.6 Å². The molecule has 3 N–H and O–H groups in total. The minimum Gasteiger partial charge on any atom is -0.465 e. The van der Waals surface area contributed by atoms with Crippen molar-refractivity contribution in [2.45, 2.75) is 57.6 Å². The fourth-order valence-corrected chi connectivity index (χ4v) is 5.07. The Hall–Kier alpha value is -1.79. The van der Waals surface area contributed by atoms with Crippen LogP contribution in [0.2, 0.25) is 5.02 Å². The first-order chi connectivity index (χ1) is 13.0. The molecular formula is C21H29ClN2O4. The lowest BCUT2D eigenvalue weighted by atomic mass is 9.66. The van der Waals surface area contributed by atoms with Gasteiger partial charge in [-0.1, -0.05) is 44.0 Å². The largest absolute Gasteiger partial charge is 0.465 e. The summed E-state index contributed by atoms with van der Waals surface area (Å²) in [5.41, 5.74) is -1.57. The minimum atomic E-state index is -1.10. The van der Waals surface area contributed by atoms with E-state index >= 15 is 0 Å². The Labute approximate surface area is 170 Å². The van der Waals surface area contributed by atoms with Crippen LogP contribution in [0, 0.1) is 11.3 Å². The number of benzene rings is 1. The van der Waals surface area contributed by atoms with E-state index in [4.69, 9.17) is 16.7 Å². The van der Waals surface area contributed by atoms with E-state index in [9.17, 15) is 14.7 Å². The molecule has 3 rings (SSSR count). The van der Waals surface area contributed by atoms with Gasteiger partial charge in [0.05, 0.1) is 17.1 Å². The molecule has 2 amide bonds. The molecule has 1 aromatic carbocycles. The molecule has 1 heterocycles. The van der Waals surface area contributed by atoms with Crippen LogP contribution in [0.1, 0.15) is 52.0 Å². The van der Waals surface area contributed by atoms with E-state index in [1.807, 2.05) is 32.9 Å². The molecule has 7 heteroatoms. The topological polar surface area (TPSA) is 89.9 Å². The van der Waals surface area contributed by atoms with Gasteiger partial charge in [0.1, 0.15) is 0 Å². The molecule has 6 nitrogen and oxygen atoms in total. The van der Waals surface area contributed by atoms with Crippen molar-refractivity contribution in [3.63, 3.8) is 0 Å². The van der Waals surface area contributed by atoms with Crippen molar-refractivity contribution in [2.24, 2.45) is 11.3 Å². The van der Waals surface area contributed by atoms with Gasteiger partial charge in [-0.05, 0) is 43.9 Å². The molecule has 0 aromatic heterocycles. The molecule has 1 aliphatic carbocycles. The normalized spacial score (nSPS) is 32.2. The molecular weight excluding hydrogens is 380 g/mol. The summed E-state index contributed by atoms with van der Waals surface area (Å²) in [4.78, 5) is 26.3. The summed E-state index contributed by atoms with van der Waals surface area (Å²) < 4.78 is 0. The predicted octanol–water partition coefficient (Wildman–Crippen LogP) is 3.61. The third-order valence-electron chi connectivity index (χ3n) is 6.73. The maximum absolute atomic E-state index is 13.3. The van der Waals surface area contributed by atoms with Gasteiger partial charge in [-0.25, -0.2) is 4.79 Å². The summed E-state index contributed by atoms with van der Waals surface area (Å²) in [7, 11) is 0. The summed E-state index contributed by atoms with van der Waals surface area (Å²) in [6.07, 6.45) is 1.47. The average molecular weight is 409 g/mol. The highest BCUT2D eigenvalue weighted by Gasteiger charge is 2.52. The Morgan fingerprint density at radius 2 is 1.82 bits per heavy atom. The zero-order valence-electron chi connectivity index (χ0n) is 16.7. The van der Waals surface area contributed by atoms with Crippen LogP contribution in [0.3, 0.4) is 0 Å². The van der Waals surface area contributed by atoms with Crippen molar-refractivity contribution in [1.82, 2.24) is 10.2 Å². The molecule has 1 aromatic rings. The van der Waals surface area contributed by atoms with Crippen LogP contribution in [0.4, 0.5) is 4.79 Å². The molecule has 0 bridgehead atoms. The maximum Gasteiger partial charge on any atom is 0.405 e. The van der Waals surface area contributed by atoms with E-state index in [1.54, 1.807) is 17.0 Å². The van der Waals surface area contributed by atoms with Gasteiger partial charge in [0, 0.05) is 23.5 Å². The number of piperidine rings is 1. The molecule has 0 unspecified atom stereocenters. The van der Waals surface area contributed by atoms with Crippen LogP contribution in [-0.2, 0) is 10.4 Å².